The zero-order valence-corrected chi connectivity index (χ0v) is 38.3. The molecule has 8 atom stereocenters. The Bertz CT molecular complexity index is 1250. The number of aliphatic hydroxyl groups is 5. The molecule has 13 nitrogen and oxygen atoms in total. The molecule has 0 radical (unpaired) electrons. The Kier molecular flexibility index (Phi) is 34.7. The minimum absolute atomic E-state index is 0.0692. The van der Waals surface area contributed by atoms with Crippen molar-refractivity contribution in [3.8, 4) is 0 Å². The second-order valence-electron chi connectivity index (χ2n) is 16.3. The third-order valence-electron chi connectivity index (χ3n) is 10.6. The average molecular weight is 887 g/mol. The molecular formula is C47H83O13P. The van der Waals surface area contributed by atoms with Crippen LogP contribution >= 0.6 is 7.82 Å². The number of carbonyl (C=O) groups is 2. The molecule has 0 heterocycles. The van der Waals surface area contributed by atoms with E-state index in [2.05, 4.69) is 62.5 Å². The Hall–Kier alpha value is -2.19. The van der Waals surface area contributed by atoms with Crippen LogP contribution in [0.25, 0.3) is 0 Å². The molecule has 1 saturated carbocycles. The molecule has 14 heteroatoms. The number of rotatable bonds is 38. The lowest BCUT2D eigenvalue weighted by molar-refractivity contribution is -0.220. The van der Waals surface area contributed by atoms with Crippen LogP contribution in [0.4, 0.5) is 0 Å². The molecule has 1 fully saturated rings. The second kappa shape index (κ2) is 37.2. The van der Waals surface area contributed by atoms with E-state index in [0.717, 1.165) is 77.0 Å². The minimum Gasteiger partial charge on any atom is -0.462 e. The lowest BCUT2D eigenvalue weighted by Crippen LogP contribution is -2.64. The molecule has 0 aromatic carbocycles. The summed E-state index contributed by atoms with van der Waals surface area (Å²) in [7, 11) is -5.13. The van der Waals surface area contributed by atoms with Crippen LogP contribution in [0.15, 0.2) is 48.6 Å². The van der Waals surface area contributed by atoms with Gasteiger partial charge in [0.1, 0.15) is 43.2 Å². The fourth-order valence-corrected chi connectivity index (χ4v) is 7.79. The quantitative estimate of drug-likeness (QED) is 0.0148. The van der Waals surface area contributed by atoms with Crippen LogP contribution in [0.1, 0.15) is 181 Å². The molecule has 0 spiro atoms. The maximum absolute atomic E-state index is 12.8. The number of ether oxygens (including phenoxy) is 2. The standard InChI is InChI=1S/C47H83O13P/c1-3-5-7-9-11-13-15-17-19-20-22-24-26-28-30-32-34-36-41(49)59-39(38-58-61(55,56)60-47-45(53)43(51)42(50)44(52)46(47)54)37-57-40(48)35-33-31-29-27-25-23-21-18-16-14-12-10-8-6-4-2/h11,13-14,16-17,19,22,24,39,42-47,50-54H,3-10,12,15,18,20-21,23,25-38H2,1-2H3,(H,55,56)/t39-,42?,43-,44?,45?,46?,47?/m1/s1. The van der Waals surface area contributed by atoms with E-state index in [1.54, 1.807) is 0 Å². The van der Waals surface area contributed by atoms with Gasteiger partial charge in [-0.2, -0.15) is 0 Å². The molecule has 0 aromatic heterocycles. The highest BCUT2D eigenvalue weighted by molar-refractivity contribution is 7.47. The van der Waals surface area contributed by atoms with Crippen LogP contribution in [0.5, 0.6) is 0 Å². The number of carbonyl (C=O) groups excluding carboxylic acids is 2. The van der Waals surface area contributed by atoms with E-state index in [4.69, 9.17) is 18.5 Å². The molecule has 354 valence electrons. The van der Waals surface area contributed by atoms with E-state index in [1.807, 2.05) is 0 Å². The summed E-state index contributed by atoms with van der Waals surface area (Å²) < 4.78 is 33.5. The van der Waals surface area contributed by atoms with E-state index in [0.29, 0.717) is 12.8 Å². The summed E-state index contributed by atoms with van der Waals surface area (Å²) in [5, 5.41) is 50.1. The first-order valence-electron chi connectivity index (χ1n) is 23.4. The van der Waals surface area contributed by atoms with Gasteiger partial charge in [0.25, 0.3) is 0 Å². The van der Waals surface area contributed by atoms with Gasteiger partial charge in [0.05, 0.1) is 6.61 Å². The summed E-state index contributed by atoms with van der Waals surface area (Å²) in [6.07, 6.45) is 30.1. The van der Waals surface area contributed by atoms with Crippen molar-refractivity contribution in [1.82, 2.24) is 0 Å². The Morgan fingerprint density at radius 3 is 1.39 bits per heavy atom. The van der Waals surface area contributed by atoms with Gasteiger partial charge in [-0.3, -0.25) is 18.6 Å². The van der Waals surface area contributed by atoms with E-state index < -0.39 is 75.7 Å². The van der Waals surface area contributed by atoms with E-state index in [9.17, 15) is 44.6 Å². The summed E-state index contributed by atoms with van der Waals surface area (Å²) in [5.41, 5.74) is 0. The van der Waals surface area contributed by atoms with Gasteiger partial charge in [-0.25, -0.2) is 4.57 Å². The maximum atomic E-state index is 12.8. The second-order valence-corrected chi connectivity index (χ2v) is 17.7. The maximum Gasteiger partial charge on any atom is 0.472 e. The molecule has 61 heavy (non-hydrogen) atoms. The zero-order chi connectivity index (χ0) is 45.0. The van der Waals surface area contributed by atoms with Gasteiger partial charge in [0.15, 0.2) is 6.10 Å². The molecule has 0 aliphatic heterocycles. The van der Waals surface area contributed by atoms with Gasteiger partial charge < -0.3 is 39.9 Å². The highest BCUT2D eigenvalue weighted by Crippen LogP contribution is 2.47. The Labute approximate surface area is 367 Å². The highest BCUT2D eigenvalue weighted by Gasteiger charge is 2.51. The molecule has 0 aromatic rings. The van der Waals surface area contributed by atoms with Crippen LogP contribution in [0, 0.1) is 0 Å². The molecule has 6 N–H and O–H groups in total. The van der Waals surface area contributed by atoms with Gasteiger partial charge >= 0.3 is 19.8 Å². The zero-order valence-electron chi connectivity index (χ0n) is 37.4. The predicted molar refractivity (Wildman–Crippen MR) is 239 cm³/mol. The molecular weight excluding hydrogens is 803 g/mol. The SMILES string of the molecule is CCCCCC=CCC=CCC=CCCCCCCC(=O)O[C@H](COC(=O)CCCCCCCCCC=CCCCCCC)COP(=O)(O)OC1C(O)C(O)C(O)[C@@H](O)C1O. The summed E-state index contributed by atoms with van der Waals surface area (Å²) in [4.78, 5) is 35.7. The first-order chi connectivity index (χ1) is 29.4. The minimum atomic E-state index is -5.13. The number of unbranched alkanes of at least 4 members (excludes halogenated alkanes) is 18. The van der Waals surface area contributed by atoms with E-state index in [-0.39, 0.29) is 12.8 Å². The van der Waals surface area contributed by atoms with Gasteiger partial charge in [0.2, 0.25) is 0 Å². The Morgan fingerprint density at radius 2 is 0.885 bits per heavy atom. The third kappa shape index (κ3) is 29.7. The topological polar surface area (TPSA) is 210 Å². The number of allylic oxidation sites excluding steroid dienone is 8. The normalized spacial score (nSPS) is 22.4. The number of aliphatic hydroxyl groups excluding tert-OH is 5. The third-order valence-corrected chi connectivity index (χ3v) is 11.6. The van der Waals surface area contributed by atoms with Gasteiger partial charge in [-0.15, -0.1) is 0 Å². The first-order valence-corrected chi connectivity index (χ1v) is 24.9. The van der Waals surface area contributed by atoms with Crippen LogP contribution in [-0.2, 0) is 32.7 Å². The molecule has 1 aliphatic rings. The van der Waals surface area contributed by atoms with Crippen LogP contribution in [0.2, 0.25) is 0 Å². The van der Waals surface area contributed by atoms with Crippen molar-refractivity contribution in [2.45, 2.75) is 224 Å². The highest BCUT2D eigenvalue weighted by atomic mass is 31.2. The smallest absolute Gasteiger partial charge is 0.462 e. The predicted octanol–water partition coefficient (Wildman–Crippen LogP) is 9.17. The summed E-state index contributed by atoms with van der Waals surface area (Å²) in [6.45, 7) is 3.23. The van der Waals surface area contributed by atoms with Crippen molar-refractivity contribution in [3.05, 3.63) is 48.6 Å². The van der Waals surface area contributed by atoms with Crippen LogP contribution in [0.3, 0.4) is 0 Å². The van der Waals surface area contributed by atoms with Crippen molar-refractivity contribution < 1.29 is 63.1 Å². The summed E-state index contributed by atoms with van der Waals surface area (Å²) >= 11 is 0. The lowest BCUT2D eigenvalue weighted by atomic mass is 9.85. The monoisotopic (exact) mass is 887 g/mol. The lowest BCUT2D eigenvalue weighted by Gasteiger charge is -2.41. The fraction of sp³-hybridized carbons (Fsp3) is 0.787. The van der Waals surface area contributed by atoms with Crippen molar-refractivity contribution in [2.75, 3.05) is 13.2 Å². The molecule has 1 rings (SSSR count). The van der Waals surface area contributed by atoms with E-state index >= 15 is 0 Å². The summed E-state index contributed by atoms with van der Waals surface area (Å²) in [5.74, 6) is -1.13. The van der Waals surface area contributed by atoms with Gasteiger partial charge in [-0.1, -0.05) is 140 Å². The molecule has 1 aliphatic carbocycles. The first kappa shape index (κ1) is 56.8. The number of hydrogen-bond donors (Lipinski definition) is 6. The average Bonchev–Trinajstić information content (AvgIpc) is 3.24. The number of phosphoric ester groups is 1. The van der Waals surface area contributed by atoms with Crippen molar-refractivity contribution in [3.63, 3.8) is 0 Å². The fourth-order valence-electron chi connectivity index (χ4n) is 6.82. The van der Waals surface area contributed by atoms with Gasteiger partial charge in [-0.05, 0) is 77.0 Å². The molecule has 0 bridgehead atoms. The molecule has 0 saturated heterocycles. The molecule has 6 unspecified atom stereocenters. The molecule has 0 amide bonds. The van der Waals surface area contributed by atoms with Gasteiger partial charge in [0, 0.05) is 12.8 Å². The van der Waals surface area contributed by atoms with Crippen molar-refractivity contribution >= 4 is 19.8 Å². The Balaban J connectivity index is 2.48. The Morgan fingerprint density at radius 1 is 0.508 bits per heavy atom. The number of esters is 2. The van der Waals surface area contributed by atoms with Crippen molar-refractivity contribution in [2.24, 2.45) is 0 Å². The number of phosphoric acid groups is 1. The van der Waals surface area contributed by atoms with E-state index in [1.165, 1.54) is 64.2 Å². The van der Waals surface area contributed by atoms with Crippen molar-refractivity contribution in [1.29, 1.82) is 0 Å². The van der Waals surface area contributed by atoms with Crippen LogP contribution in [-0.4, -0.2) is 98.3 Å². The van der Waals surface area contributed by atoms with Crippen LogP contribution < -0.4 is 0 Å². The summed E-state index contributed by atoms with van der Waals surface area (Å²) in [6, 6.07) is 0. The number of hydrogen-bond acceptors (Lipinski definition) is 12. The largest absolute Gasteiger partial charge is 0.472 e.